The highest BCUT2D eigenvalue weighted by molar-refractivity contribution is 7.89. The monoisotopic (exact) mass is 442 g/mol. The van der Waals surface area contributed by atoms with E-state index in [-0.39, 0.29) is 6.04 Å². The molecule has 0 amide bonds. The molecule has 0 aliphatic heterocycles. The second kappa shape index (κ2) is 9.70. The first-order valence-corrected chi connectivity index (χ1v) is 12.3. The van der Waals surface area contributed by atoms with E-state index in [1.807, 2.05) is 30.3 Å². The highest BCUT2D eigenvalue weighted by Crippen LogP contribution is 2.30. The highest BCUT2D eigenvalue weighted by Gasteiger charge is 2.27. The summed E-state index contributed by atoms with van der Waals surface area (Å²) in [6, 6.07) is 15.1. The van der Waals surface area contributed by atoms with E-state index >= 15 is 0 Å². The molecule has 2 aliphatic carbocycles. The lowest BCUT2D eigenvalue weighted by Crippen LogP contribution is -2.36. The number of nitrogens with one attached hydrogen (secondary N) is 3. The predicted molar refractivity (Wildman–Crippen MR) is 121 cm³/mol. The van der Waals surface area contributed by atoms with E-state index < -0.39 is 10.0 Å². The Labute approximate surface area is 184 Å². The van der Waals surface area contributed by atoms with E-state index in [9.17, 15) is 8.42 Å². The minimum atomic E-state index is -3.42. The van der Waals surface area contributed by atoms with E-state index in [0.29, 0.717) is 29.9 Å². The highest BCUT2D eigenvalue weighted by atomic mass is 32.2. The summed E-state index contributed by atoms with van der Waals surface area (Å²) in [7, 11) is -1.69. The van der Waals surface area contributed by atoms with Crippen LogP contribution < -0.4 is 20.1 Å². The SMILES string of the molecule is CN=C(NCc1ccc(S(=O)(=O)NC2CC2)cc1)NCc1ccccc1OCC1CC1. The lowest BCUT2D eigenvalue weighted by molar-refractivity contribution is 0.296. The predicted octanol–water partition coefficient (Wildman–Crippen LogP) is 2.78. The summed E-state index contributed by atoms with van der Waals surface area (Å²) >= 11 is 0. The van der Waals surface area contributed by atoms with Gasteiger partial charge in [0.25, 0.3) is 0 Å². The van der Waals surface area contributed by atoms with Gasteiger partial charge in [-0.1, -0.05) is 30.3 Å². The largest absolute Gasteiger partial charge is 0.493 e. The minimum absolute atomic E-state index is 0.102. The summed E-state index contributed by atoms with van der Waals surface area (Å²) in [4.78, 5) is 4.58. The smallest absolute Gasteiger partial charge is 0.240 e. The van der Waals surface area contributed by atoms with Gasteiger partial charge in [-0.3, -0.25) is 4.99 Å². The van der Waals surface area contributed by atoms with Gasteiger partial charge in [-0.15, -0.1) is 0 Å². The zero-order chi connectivity index (χ0) is 21.7. The quantitative estimate of drug-likeness (QED) is 0.389. The lowest BCUT2D eigenvalue weighted by atomic mass is 10.2. The molecule has 0 radical (unpaired) electrons. The van der Waals surface area contributed by atoms with Crippen LogP contribution in [0.2, 0.25) is 0 Å². The molecule has 166 valence electrons. The van der Waals surface area contributed by atoms with Gasteiger partial charge in [-0.05, 0) is 55.4 Å². The van der Waals surface area contributed by atoms with Crippen LogP contribution in [0.25, 0.3) is 0 Å². The van der Waals surface area contributed by atoms with Crippen molar-refractivity contribution in [3.63, 3.8) is 0 Å². The molecular weight excluding hydrogens is 412 g/mol. The first-order chi connectivity index (χ1) is 15.0. The number of ether oxygens (including phenoxy) is 1. The van der Waals surface area contributed by atoms with E-state index in [1.165, 1.54) is 12.8 Å². The average Bonchev–Trinajstić information content (AvgIpc) is 3.70. The number of benzene rings is 2. The Balaban J connectivity index is 1.28. The van der Waals surface area contributed by atoms with Crippen LogP contribution in [-0.2, 0) is 23.1 Å². The van der Waals surface area contributed by atoms with Crippen LogP contribution in [0.15, 0.2) is 58.4 Å². The van der Waals surface area contributed by atoms with Crippen molar-refractivity contribution in [2.24, 2.45) is 10.9 Å². The van der Waals surface area contributed by atoms with Crippen molar-refractivity contribution in [3.05, 3.63) is 59.7 Å². The number of rotatable bonds is 10. The Kier molecular flexibility index (Phi) is 6.77. The third kappa shape index (κ3) is 6.45. The number of hydrogen-bond acceptors (Lipinski definition) is 4. The van der Waals surface area contributed by atoms with Gasteiger partial charge in [0.2, 0.25) is 10.0 Å². The number of guanidine groups is 1. The van der Waals surface area contributed by atoms with Gasteiger partial charge in [0.15, 0.2) is 5.96 Å². The first kappa shape index (κ1) is 21.6. The van der Waals surface area contributed by atoms with Crippen LogP contribution in [0.3, 0.4) is 0 Å². The molecule has 0 bridgehead atoms. The van der Waals surface area contributed by atoms with E-state index in [1.54, 1.807) is 19.2 Å². The van der Waals surface area contributed by atoms with E-state index in [4.69, 9.17) is 4.74 Å². The Morgan fingerprint density at radius 3 is 2.39 bits per heavy atom. The number of nitrogens with zero attached hydrogens (tertiary/aromatic N) is 1. The van der Waals surface area contributed by atoms with Crippen LogP contribution in [0.4, 0.5) is 0 Å². The number of sulfonamides is 1. The van der Waals surface area contributed by atoms with E-state index in [2.05, 4.69) is 26.4 Å². The van der Waals surface area contributed by atoms with Crippen molar-refractivity contribution in [1.29, 1.82) is 0 Å². The molecule has 3 N–H and O–H groups in total. The van der Waals surface area contributed by atoms with Gasteiger partial charge in [-0.25, -0.2) is 13.1 Å². The molecule has 0 spiro atoms. The van der Waals surface area contributed by atoms with Gasteiger partial charge >= 0.3 is 0 Å². The van der Waals surface area contributed by atoms with Crippen LogP contribution in [-0.4, -0.2) is 34.1 Å². The zero-order valence-electron chi connectivity index (χ0n) is 17.8. The van der Waals surface area contributed by atoms with Gasteiger partial charge in [0.1, 0.15) is 5.75 Å². The molecule has 4 rings (SSSR count). The summed E-state index contributed by atoms with van der Waals surface area (Å²) in [5.74, 6) is 2.29. The summed E-state index contributed by atoms with van der Waals surface area (Å²) in [6.45, 7) is 1.92. The summed E-state index contributed by atoms with van der Waals surface area (Å²) < 4.78 is 33.2. The molecule has 7 nitrogen and oxygen atoms in total. The van der Waals surface area contributed by atoms with Gasteiger partial charge in [-0.2, -0.15) is 0 Å². The van der Waals surface area contributed by atoms with Gasteiger partial charge < -0.3 is 15.4 Å². The third-order valence-corrected chi connectivity index (χ3v) is 6.94. The maximum absolute atomic E-state index is 12.3. The van der Waals surface area contributed by atoms with E-state index in [0.717, 1.165) is 36.3 Å². The fraction of sp³-hybridized carbons (Fsp3) is 0.435. The van der Waals surface area contributed by atoms with Crippen molar-refractivity contribution in [1.82, 2.24) is 15.4 Å². The Hall–Kier alpha value is -2.58. The normalized spacial score (nSPS) is 16.7. The maximum Gasteiger partial charge on any atom is 0.240 e. The molecular formula is C23H30N4O3S. The molecule has 2 saturated carbocycles. The second-order valence-electron chi connectivity index (χ2n) is 8.18. The van der Waals surface area contributed by atoms with Crippen molar-refractivity contribution in [3.8, 4) is 5.75 Å². The Morgan fingerprint density at radius 1 is 1.00 bits per heavy atom. The lowest BCUT2D eigenvalue weighted by Gasteiger charge is -2.15. The number of para-hydroxylation sites is 1. The van der Waals surface area contributed by atoms with Crippen molar-refractivity contribution >= 4 is 16.0 Å². The van der Waals surface area contributed by atoms with Crippen LogP contribution in [0.5, 0.6) is 5.75 Å². The molecule has 0 aromatic heterocycles. The molecule has 8 heteroatoms. The van der Waals surface area contributed by atoms with Gasteiger partial charge in [0.05, 0.1) is 11.5 Å². The molecule has 2 aromatic carbocycles. The van der Waals surface area contributed by atoms with Crippen molar-refractivity contribution in [2.45, 2.75) is 49.7 Å². The Morgan fingerprint density at radius 2 is 1.71 bits per heavy atom. The topological polar surface area (TPSA) is 91.8 Å². The zero-order valence-corrected chi connectivity index (χ0v) is 18.6. The fourth-order valence-electron chi connectivity index (χ4n) is 3.14. The Bertz CT molecular complexity index is 1010. The van der Waals surface area contributed by atoms with Crippen molar-refractivity contribution < 1.29 is 13.2 Å². The molecule has 31 heavy (non-hydrogen) atoms. The molecule has 0 unspecified atom stereocenters. The molecule has 0 heterocycles. The fourth-order valence-corrected chi connectivity index (χ4v) is 4.45. The minimum Gasteiger partial charge on any atom is -0.493 e. The molecule has 2 fully saturated rings. The molecule has 2 aliphatic rings. The van der Waals surface area contributed by atoms with Crippen molar-refractivity contribution in [2.75, 3.05) is 13.7 Å². The van der Waals surface area contributed by atoms with Gasteiger partial charge in [0, 0.05) is 31.7 Å². The summed E-state index contributed by atoms with van der Waals surface area (Å²) in [6.07, 6.45) is 4.37. The summed E-state index contributed by atoms with van der Waals surface area (Å²) in [5.41, 5.74) is 2.06. The number of aliphatic imine (C=N–C) groups is 1. The van der Waals surface area contributed by atoms with Crippen LogP contribution in [0.1, 0.15) is 36.8 Å². The summed E-state index contributed by atoms with van der Waals surface area (Å²) in [5, 5.41) is 6.59. The standard InChI is InChI=1S/C23H30N4O3S/c1-24-23(26-15-19-4-2-3-5-22(19)30-16-18-6-7-18)25-14-17-8-12-21(13-9-17)31(28,29)27-20-10-11-20/h2-5,8-9,12-13,18,20,27H,6-7,10-11,14-16H2,1H3,(H2,24,25,26). The van der Waals surface area contributed by atoms with Crippen LogP contribution >= 0.6 is 0 Å². The number of hydrogen-bond donors (Lipinski definition) is 3. The molecule has 0 atom stereocenters. The molecule has 2 aromatic rings. The molecule has 0 saturated heterocycles. The van der Waals surface area contributed by atoms with Crippen LogP contribution in [0, 0.1) is 5.92 Å². The maximum atomic E-state index is 12.3. The first-order valence-electron chi connectivity index (χ1n) is 10.8. The second-order valence-corrected chi connectivity index (χ2v) is 9.89. The third-order valence-electron chi connectivity index (χ3n) is 5.41. The average molecular weight is 443 g/mol.